The Balaban J connectivity index is 2.03. The van der Waals surface area contributed by atoms with Crippen LogP contribution in [0.1, 0.15) is 36.5 Å². The molecule has 0 bridgehead atoms. The number of rotatable bonds is 3. The summed E-state index contributed by atoms with van der Waals surface area (Å²) in [6.07, 6.45) is 3.15. The first-order chi connectivity index (χ1) is 10.0. The lowest BCUT2D eigenvalue weighted by Gasteiger charge is -2.31. The third kappa shape index (κ3) is 3.88. The highest BCUT2D eigenvalue weighted by atomic mass is 35.5. The van der Waals surface area contributed by atoms with Crippen molar-refractivity contribution in [3.05, 3.63) is 28.8 Å². The van der Waals surface area contributed by atoms with Crippen LogP contribution in [0.2, 0.25) is 5.02 Å². The van der Waals surface area contributed by atoms with Crippen molar-refractivity contribution in [2.45, 2.75) is 26.2 Å². The highest BCUT2D eigenvalue weighted by Crippen LogP contribution is 2.25. The summed E-state index contributed by atoms with van der Waals surface area (Å²) < 4.78 is 0. The second kappa shape index (κ2) is 6.80. The third-order valence-electron chi connectivity index (χ3n) is 3.93. The van der Waals surface area contributed by atoms with Crippen molar-refractivity contribution in [2.75, 3.05) is 18.4 Å². The van der Waals surface area contributed by atoms with Crippen LogP contribution in [0.25, 0.3) is 0 Å². The van der Waals surface area contributed by atoms with Gasteiger partial charge in [-0.2, -0.15) is 0 Å². The van der Waals surface area contributed by atoms with Gasteiger partial charge >= 0.3 is 12.0 Å². The number of halogens is 1. The first-order valence-corrected chi connectivity index (χ1v) is 7.47. The van der Waals surface area contributed by atoms with Gasteiger partial charge < -0.3 is 15.3 Å². The van der Waals surface area contributed by atoms with E-state index in [2.05, 4.69) is 12.2 Å². The van der Waals surface area contributed by atoms with Crippen molar-refractivity contribution < 1.29 is 14.7 Å². The molecule has 0 aromatic heterocycles. The lowest BCUT2D eigenvalue weighted by molar-refractivity contribution is 0.0697. The number of carboxylic acids is 1. The zero-order valence-corrected chi connectivity index (χ0v) is 12.7. The monoisotopic (exact) mass is 310 g/mol. The maximum atomic E-state index is 12.2. The normalized spacial score (nSPS) is 15.8. The second-order valence-corrected chi connectivity index (χ2v) is 5.68. The highest BCUT2D eigenvalue weighted by molar-refractivity contribution is 6.33. The van der Waals surface area contributed by atoms with Gasteiger partial charge in [0.2, 0.25) is 0 Å². The summed E-state index contributed by atoms with van der Waals surface area (Å²) in [4.78, 5) is 24.9. The molecule has 1 fully saturated rings. The van der Waals surface area contributed by atoms with Crippen LogP contribution < -0.4 is 5.32 Å². The number of carbonyl (C=O) groups is 2. The fourth-order valence-corrected chi connectivity index (χ4v) is 2.66. The molecule has 0 radical (unpaired) electrons. The quantitative estimate of drug-likeness (QED) is 0.894. The summed E-state index contributed by atoms with van der Waals surface area (Å²) in [7, 11) is 0. The zero-order chi connectivity index (χ0) is 15.4. The molecule has 0 spiro atoms. The second-order valence-electron chi connectivity index (χ2n) is 5.27. The third-order valence-corrected chi connectivity index (χ3v) is 4.26. The van der Waals surface area contributed by atoms with Crippen molar-refractivity contribution in [1.82, 2.24) is 4.90 Å². The number of aromatic carboxylic acids is 1. The summed E-state index contributed by atoms with van der Waals surface area (Å²) in [5.41, 5.74) is 0.429. The van der Waals surface area contributed by atoms with E-state index in [0.29, 0.717) is 16.6 Å². The predicted molar refractivity (Wildman–Crippen MR) is 82.0 cm³/mol. The molecule has 0 aliphatic carbocycles. The number of amides is 2. The highest BCUT2D eigenvalue weighted by Gasteiger charge is 2.22. The number of benzene rings is 1. The van der Waals surface area contributed by atoms with Gasteiger partial charge in [-0.25, -0.2) is 9.59 Å². The van der Waals surface area contributed by atoms with Crippen LogP contribution in [0.15, 0.2) is 18.2 Å². The van der Waals surface area contributed by atoms with Crippen molar-refractivity contribution in [2.24, 2.45) is 5.92 Å². The summed E-state index contributed by atoms with van der Waals surface area (Å²) >= 11 is 6.00. The van der Waals surface area contributed by atoms with Gasteiger partial charge in [0.25, 0.3) is 0 Å². The lowest BCUT2D eigenvalue weighted by atomic mass is 9.95. The number of nitrogens with zero attached hydrogens (tertiary/aromatic N) is 1. The molecule has 6 heteroatoms. The van der Waals surface area contributed by atoms with E-state index in [1.165, 1.54) is 18.2 Å². The van der Waals surface area contributed by atoms with Crippen molar-refractivity contribution in [3.8, 4) is 0 Å². The average molecular weight is 311 g/mol. The molecule has 0 unspecified atom stereocenters. The van der Waals surface area contributed by atoms with Gasteiger partial charge in [0.05, 0.1) is 16.3 Å². The molecule has 21 heavy (non-hydrogen) atoms. The largest absolute Gasteiger partial charge is 0.478 e. The van der Waals surface area contributed by atoms with E-state index >= 15 is 0 Å². The van der Waals surface area contributed by atoms with Crippen LogP contribution >= 0.6 is 11.6 Å². The molecule has 1 aliphatic heterocycles. The molecule has 1 saturated heterocycles. The number of urea groups is 1. The Hall–Kier alpha value is -1.75. The molecular formula is C15H19ClN2O3. The molecule has 114 valence electrons. The number of likely N-dealkylation sites (tertiary alicyclic amines) is 1. The number of piperidine rings is 1. The molecule has 2 N–H and O–H groups in total. The SMILES string of the molecule is CCC1CCN(C(=O)Nc2cc(C(=O)O)ccc2Cl)CC1. The standard InChI is InChI=1S/C15H19ClN2O3/c1-2-10-5-7-18(8-6-10)15(21)17-13-9-11(14(19)20)3-4-12(13)16/h3-4,9-10H,2,5-8H2,1H3,(H,17,21)(H,19,20). The van der Waals surface area contributed by atoms with Gasteiger partial charge in [-0.05, 0) is 37.0 Å². The van der Waals surface area contributed by atoms with Crippen molar-refractivity contribution >= 4 is 29.3 Å². The van der Waals surface area contributed by atoms with Crippen LogP contribution in [0.5, 0.6) is 0 Å². The van der Waals surface area contributed by atoms with E-state index in [1.54, 1.807) is 4.90 Å². The van der Waals surface area contributed by atoms with Gasteiger partial charge in [0, 0.05) is 13.1 Å². The number of anilines is 1. The van der Waals surface area contributed by atoms with E-state index in [9.17, 15) is 9.59 Å². The summed E-state index contributed by atoms with van der Waals surface area (Å²) in [5.74, 6) is -0.362. The van der Waals surface area contributed by atoms with Gasteiger partial charge in [0.15, 0.2) is 0 Å². The van der Waals surface area contributed by atoms with Crippen LogP contribution in [-0.2, 0) is 0 Å². The fourth-order valence-electron chi connectivity index (χ4n) is 2.49. The summed E-state index contributed by atoms with van der Waals surface area (Å²) in [6.45, 7) is 3.61. The zero-order valence-electron chi connectivity index (χ0n) is 11.9. The van der Waals surface area contributed by atoms with E-state index < -0.39 is 5.97 Å². The van der Waals surface area contributed by atoms with E-state index in [0.717, 1.165) is 32.4 Å². The molecule has 2 rings (SSSR count). The van der Waals surface area contributed by atoms with E-state index in [4.69, 9.17) is 16.7 Å². The Labute approximate surface area is 128 Å². The Morgan fingerprint density at radius 1 is 1.38 bits per heavy atom. The molecule has 1 aromatic rings. The summed E-state index contributed by atoms with van der Waals surface area (Å²) in [5, 5.41) is 12.0. The van der Waals surface area contributed by atoms with Gasteiger partial charge in [-0.1, -0.05) is 24.9 Å². The fraction of sp³-hybridized carbons (Fsp3) is 0.467. The molecule has 1 heterocycles. The minimum Gasteiger partial charge on any atom is -0.478 e. The number of nitrogens with one attached hydrogen (secondary N) is 1. The molecule has 0 atom stereocenters. The van der Waals surface area contributed by atoms with Gasteiger partial charge in [-0.15, -0.1) is 0 Å². The molecule has 0 saturated carbocycles. The Kier molecular flexibility index (Phi) is 5.07. The Bertz CT molecular complexity index is 540. The lowest BCUT2D eigenvalue weighted by Crippen LogP contribution is -2.41. The number of hydrogen-bond donors (Lipinski definition) is 2. The van der Waals surface area contributed by atoms with Crippen LogP contribution in [0.4, 0.5) is 10.5 Å². The smallest absolute Gasteiger partial charge is 0.335 e. The van der Waals surface area contributed by atoms with Gasteiger partial charge in [-0.3, -0.25) is 0 Å². The van der Waals surface area contributed by atoms with Crippen LogP contribution in [0.3, 0.4) is 0 Å². The summed E-state index contributed by atoms with van der Waals surface area (Å²) in [6, 6.07) is 4.03. The van der Waals surface area contributed by atoms with Crippen molar-refractivity contribution in [1.29, 1.82) is 0 Å². The average Bonchev–Trinajstić information content (AvgIpc) is 2.49. The topological polar surface area (TPSA) is 69.6 Å². The predicted octanol–water partition coefficient (Wildman–Crippen LogP) is 3.69. The van der Waals surface area contributed by atoms with Gasteiger partial charge in [0.1, 0.15) is 0 Å². The first kappa shape index (κ1) is 15.6. The molecular weight excluding hydrogens is 292 g/mol. The van der Waals surface area contributed by atoms with Crippen LogP contribution in [0, 0.1) is 5.92 Å². The number of carboxylic acid groups (broad SMARTS) is 1. The first-order valence-electron chi connectivity index (χ1n) is 7.10. The number of hydrogen-bond acceptors (Lipinski definition) is 2. The minimum atomic E-state index is -1.05. The van der Waals surface area contributed by atoms with E-state index in [1.807, 2.05) is 0 Å². The minimum absolute atomic E-state index is 0.0967. The van der Waals surface area contributed by atoms with Crippen molar-refractivity contribution in [3.63, 3.8) is 0 Å². The maximum Gasteiger partial charge on any atom is 0.335 e. The maximum absolute atomic E-state index is 12.2. The molecule has 2 amide bonds. The Morgan fingerprint density at radius 3 is 2.62 bits per heavy atom. The molecule has 1 aromatic carbocycles. The Morgan fingerprint density at radius 2 is 2.05 bits per heavy atom. The molecule has 1 aliphatic rings. The molecule has 5 nitrogen and oxygen atoms in total. The van der Waals surface area contributed by atoms with Crippen LogP contribution in [-0.4, -0.2) is 35.1 Å². The number of carbonyl (C=O) groups excluding carboxylic acids is 1. The van der Waals surface area contributed by atoms with E-state index in [-0.39, 0.29) is 11.6 Å².